The van der Waals surface area contributed by atoms with Crippen molar-refractivity contribution in [1.82, 2.24) is 0 Å². The molecule has 3 heteroatoms. The van der Waals surface area contributed by atoms with E-state index in [1.807, 2.05) is 13.8 Å². The number of rotatable bonds is 1. The van der Waals surface area contributed by atoms with Gasteiger partial charge < -0.3 is 4.74 Å². The quantitative estimate of drug-likeness (QED) is 0.671. The van der Waals surface area contributed by atoms with E-state index in [1.165, 1.54) is 12.1 Å². The van der Waals surface area contributed by atoms with Crippen molar-refractivity contribution in [3.63, 3.8) is 0 Å². The van der Waals surface area contributed by atoms with Gasteiger partial charge in [-0.15, -0.1) is 0 Å². The lowest BCUT2D eigenvalue weighted by Crippen LogP contribution is -2.24. The lowest BCUT2D eigenvalue weighted by atomic mass is 10.1. The summed E-state index contributed by atoms with van der Waals surface area (Å²) in [5.74, 6) is 0.363. The molecule has 1 heterocycles. The SMILES string of the molecule is CC1(C)CN=C(c2ccc(F)cc2)O1. The van der Waals surface area contributed by atoms with Gasteiger partial charge in [0, 0.05) is 5.56 Å². The van der Waals surface area contributed by atoms with Crippen LogP contribution in [0.4, 0.5) is 4.39 Å². The zero-order valence-electron chi connectivity index (χ0n) is 8.25. The standard InChI is InChI=1S/C11H12FNO/c1-11(2)7-13-10(14-11)8-3-5-9(12)6-4-8/h3-6H,7H2,1-2H3. The molecule has 2 nitrogen and oxygen atoms in total. The third-order valence-electron chi connectivity index (χ3n) is 2.07. The van der Waals surface area contributed by atoms with E-state index in [0.717, 1.165) is 5.56 Å². The Kier molecular flexibility index (Phi) is 2.02. The molecule has 0 N–H and O–H groups in total. The fourth-order valence-corrected chi connectivity index (χ4v) is 1.33. The number of benzene rings is 1. The van der Waals surface area contributed by atoms with Gasteiger partial charge in [-0.3, -0.25) is 0 Å². The summed E-state index contributed by atoms with van der Waals surface area (Å²) in [6.07, 6.45) is 0. The molecule has 2 rings (SSSR count). The van der Waals surface area contributed by atoms with Gasteiger partial charge in [-0.05, 0) is 38.1 Å². The Morgan fingerprint density at radius 2 is 1.93 bits per heavy atom. The maximum atomic E-state index is 12.6. The lowest BCUT2D eigenvalue weighted by Gasteiger charge is -2.17. The Balaban J connectivity index is 2.22. The van der Waals surface area contributed by atoms with Crippen LogP contribution in [0.1, 0.15) is 19.4 Å². The van der Waals surface area contributed by atoms with Gasteiger partial charge >= 0.3 is 0 Å². The fraction of sp³-hybridized carbons (Fsp3) is 0.364. The average Bonchev–Trinajstić information content (AvgIpc) is 2.47. The lowest BCUT2D eigenvalue weighted by molar-refractivity contribution is 0.131. The summed E-state index contributed by atoms with van der Waals surface area (Å²) in [5, 5.41) is 0. The molecule has 0 aliphatic carbocycles. The van der Waals surface area contributed by atoms with Crippen LogP contribution in [0, 0.1) is 5.82 Å². The Hall–Kier alpha value is -1.38. The third kappa shape index (κ3) is 1.76. The van der Waals surface area contributed by atoms with E-state index in [2.05, 4.69) is 4.99 Å². The zero-order chi connectivity index (χ0) is 10.2. The van der Waals surface area contributed by atoms with Crippen molar-refractivity contribution in [2.24, 2.45) is 4.99 Å². The van der Waals surface area contributed by atoms with Crippen LogP contribution in [-0.2, 0) is 4.74 Å². The van der Waals surface area contributed by atoms with Gasteiger partial charge in [0.15, 0.2) is 0 Å². The highest BCUT2D eigenvalue weighted by Gasteiger charge is 2.27. The van der Waals surface area contributed by atoms with Gasteiger partial charge in [0.1, 0.15) is 11.4 Å². The van der Waals surface area contributed by atoms with Crippen LogP contribution < -0.4 is 0 Å². The second kappa shape index (κ2) is 3.08. The van der Waals surface area contributed by atoms with Gasteiger partial charge in [0.25, 0.3) is 0 Å². The molecule has 0 saturated heterocycles. The molecule has 1 aliphatic rings. The number of halogens is 1. The first-order valence-electron chi connectivity index (χ1n) is 4.56. The van der Waals surface area contributed by atoms with Crippen LogP contribution in [0.2, 0.25) is 0 Å². The largest absolute Gasteiger partial charge is 0.469 e. The summed E-state index contributed by atoms with van der Waals surface area (Å²) >= 11 is 0. The van der Waals surface area contributed by atoms with Crippen LogP contribution >= 0.6 is 0 Å². The number of ether oxygens (including phenoxy) is 1. The van der Waals surface area contributed by atoms with Crippen LogP contribution in [0.3, 0.4) is 0 Å². The minimum Gasteiger partial charge on any atom is -0.469 e. The van der Waals surface area contributed by atoms with E-state index in [1.54, 1.807) is 12.1 Å². The smallest absolute Gasteiger partial charge is 0.216 e. The molecule has 0 radical (unpaired) electrons. The summed E-state index contributed by atoms with van der Waals surface area (Å²) in [6, 6.07) is 6.17. The molecule has 0 atom stereocenters. The summed E-state index contributed by atoms with van der Waals surface area (Å²) in [5.41, 5.74) is 0.598. The fourth-order valence-electron chi connectivity index (χ4n) is 1.33. The molecule has 1 aromatic rings. The van der Waals surface area contributed by atoms with E-state index >= 15 is 0 Å². The van der Waals surface area contributed by atoms with Gasteiger partial charge in [-0.1, -0.05) is 0 Å². The van der Waals surface area contributed by atoms with Crippen molar-refractivity contribution in [3.05, 3.63) is 35.6 Å². The Morgan fingerprint density at radius 1 is 1.29 bits per heavy atom. The zero-order valence-corrected chi connectivity index (χ0v) is 8.25. The summed E-state index contributed by atoms with van der Waals surface area (Å²) in [4.78, 5) is 4.26. The van der Waals surface area contributed by atoms with Gasteiger partial charge in [0.05, 0.1) is 6.54 Å². The number of nitrogens with zero attached hydrogens (tertiary/aromatic N) is 1. The van der Waals surface area contributed by atoms with E-state index in [9.17, 15) is 4.39 Å². The summed E-state index contributed by atoms with van der Waals surface area (Å²) in [6.45, 7) is 4.61. The molecule has 0 amide bonds. The maximum Gasteiger partial charge on any atom is 0.216 e. The van der Waals surface area contributed by atoms with Gasteiger partial charge in [-0.2, -0.15) is 0 Å². The van der Waals surface area contributed by atoms with Gasteiger partial charge in [-0.25, -0.2) is 9.38 Å². The molecule has 0 fully saturated rings. The Labute approximate surface area is 82.4 Å². The van der Waals surface area contributed by atoms with Crippen molar-refractivity contribution >= 4 is 5.90 Å². The first-order chi connectivity index (χ1) is 6.57. The molecule has 14 heavy (non-hydrogen) atoms. The highest BCUT2D eigenvalue weighted by atomic mass is 19.1. The molecule has 0 spiro atoms. The highest BCUT2D eigenvalue weighted by molar-refractivity contribution is 5.95. The Morgan fingerprint density at radius 3 is 2.43 bits per heavy atom. The number of hydrogen-bond donors (Lipinski definition) is 0. The van der Waals surface area contributed by atoms with E-state index in [4.69, 9.17) is 4.74 Å². The molecule has 1 aliphatic heterocycles. The predicted molar refractivity (Wildman–Crippen MR) is 53.0 cm³/mol. The minimum absolute atomic E-state index is 0.232. The molecule has 1 aromatic carbocycles. The number of hydrogen-bond acceptors (Lipinski definition) is 2. The van der Waals surface area contributed by atoms with Crippen molar-refractivity contribution < 1.29 is 9.13 Å². The van der Waals surface area contributed by atoms with Crippen molar-refractivity contribution in [2.75, 3.05) is 6.54 Å². The van der Waals surface area contributed by atoms with Crippen molar-refractivity contribution in [2.45, 2.75) is 19.4 Å². The maximum absolute atomic E-state index is 12.6. The molecule has 74 valence electrons. The molecule has 0 saturated carbocycles. The minimum atomic E-state index is -0.244. The second-order valence-corrected chi connectivity index (χ2v) is 3.99. The normalized spacial score (nSPS) is 18.9. The predicted octanol–water partition coefficient (Wildman–Crippen LogP) is 2.38. The molecular formula is C11H12FNO. The van der Waals surface area contributed by atoms with Crippen LogP contribution in [-0.4, -0.2) is 18.0 Å². The van der Waals surface area contributed by atoms with Gasteiger partial charge in [0.2, 0.25) is 5.90 Å². The number of aliphatic imine (C=N–C) groups is 1. The highest BCUT2D eigenvalue weighted by Crippen LogP contribution is 2.20. The third-order valence-corrected chi connectivity index (χ3v) is 2.07. The van der Waals surface area contributed by atoms with Crippen molar-refractivity contribution in [3.8, 4) is 0 Å². The Bertz CT molecular complexity index is 367. The first kappa shape index (κ1) is 9.19. The van der Waals surface area contributed by atoms with Crippen LogP contribution in [0.15, 0.2) is 29.3 Å². The average molecular weight is 193 g/mol. The summed E-state index contributed by atoms with van der Waals surface area (Å²) < 4.78 is 18.2. The van der Waals surface area contributed by atoms with Crippen LogP contribution in [0.5, 0.6) is 0 Å². The monoisotopic (exact) mass is 193 g/mol. The first-order valence-corrected chi connectivity index (χ1v) is 4.56. The van der Waals surface area contributed by atoms with E-state index in [-0.39, 0.29) is 11.4 Å². The topological polar surface area (TPSA) is 21.6 Å². The molecule has 0 bridgehead atoms. The van der Waals surface area contributed by atoms with Crippen LogP contribution in [0.25, 0.3) is 0 Å². The van der Waals surface area contributed by atoms with Crippen molar-refractivity contribution in [1.29, 1.82) is 0 Å². The molecule has 0 aromatic heterocycles. The van der Waals surface area contributed by atoms with E-state index in [0.29, 0.717) is 12.4 Å². The van der Waals surface area contributed by atoms with E-state index < -0.39 is 0 Å². The molecular weight excluding hydrogens is 181 g/mol. The summed E-state index contributed by atoms with van der Waals surface area (Å²) in [7, 11) is 0. The molecule has 0 unspecified atom stereocenters. The second-order valence-electron chi connectivity index (χ2n) is 3.99.